The fourth-order valence-electron chi connectivity index (χ4n) is 3.48. The molecule has 2 aliphatic rings. The first kappa shape index (κ1) is 16.8. The molecule has 0 bridgehead atoms. The first-order valence-electron chi connectivity index (χ1n) is 8.51. The van der Waals surface area contributed by atoms with Gasteiger partial charge in [0.25, 0.3) is 5.91 Å². The molecule has 0 radical (unpaired) electrons. The predicted octanol–water partition coefficient (Wildman–Crippen LogP) is 3.48. The monoisotopic (exact) mass is 327 g/mol. The number of hydrogen-bond acceptors (Lipinski definition) is 3. The average molecular weight is 327 g/mol. The van der Waals surface area contributed by atoms with Gasteiger partial charge in [0, 0.05) is 0 Å². The van der Waals surface area contributed by atoms with E-state index in [-0.39, 0.29) is 12.6 Å². The Morgan fingerprint density at radius 2 is 1.96 bits per heavy atom. The number of ether oxygens (including phenoxy) is 1. The molecule has 4 heteroatoms. The van der Waals surface area contributed by atoms with Crippen molar-refractivity contribution >= 4 is 11.5 Å². The Kier molecular flexibility index (Phi) is 4.50. The Morgan fingerprint density at radius 1 is 1.25 bits per heavy atom. The minimum Gasteiger partial charge on any atom is -0.477 e. The van der Waals surface area contributed by atoms with E-state index in [0.29, 0.717) is 11.3 Å². The van der Waals surface area contributed by atoms with E-state index in [1.54, 1.807) is 4.90 Å². The summed E-state index contributed by atoms with van der Waals surface area (Å²) in [6.07, 6.45) is 4.39. The number of rotatable bonds is 4. The fraction of sp³-hybridized carbons (Fsp3) is 0.450. The van der Waals surface area contributed by atoms with Crippen LogP contribution in [0.1, 0.15) is 45.6 Å². The highest BCUT2D eigenvalue weighted by Gasteiger charge is 2.43. The summed E-state index contributed by atoms with van der Waals surface area (Å²) in [5.74, 6) is 0.542. The van der Waals surface area contributed by atoms with Crippen molar-refractivity contribution in [3.05, 3.63) is 53.3 Å². The Bertz CT molecular complexity index is 688. The molecule has 1 amide bonds. The third-order valence-electron chi connectivity index (χ3n) is 5.08. The highest BCUT2D eigenvalue weighted by atomic mass is 16.5. The Hall–Kier alpha value is -2.07. The maximum absolute atomic E-state index is 13.2. The van der Waals surface area contributed by atoms with Crippen LogP contribution in [0.3, 0.4) is 0 Å². The molecule has 0 saturated heterocycles. The molecule has 0 fully saturated rings. The zero-order chi connectivity index (χ0) is 17.3. The second-order valence-corrected chi connectivity index (χ2v) is 7.03. The van der Waals surface area contributed by atoms with Crippen LogP contribution in [-0.4, -0.2) is 34.3 Å². The van der Waals surface area contributed by atoms with E-state index in [9.17, 15) is 9.90 Å². The molecule has 0 spiro atoms. The Morgan fingerprint density at radius 3 is 2.58 bits per heavy atom. The highest BCUT2D eigenvalue weighted by molar-refractivity contribution is 6.20. The maximum atomic E-state index is 13.2. The van der Waals surface area contributed by atoms with Crippen molar-refractivity contribution < 1.29 is 14.6 Å². The molecule has 1 atom stereocenters. The van der Waals surface area contributed by atoms with Crippen LogP contribution < -0.4 is 0 Å². The zero-order valence-corrected chi connectivity index (χ0v) is 14.6. The van der Waals surface area contributed by atoms with Crippen LogP contribution in [0.15, 0.2) is 47.7 Å². The number of aliphatic hydroxyl groups excluding tert-OH is 1. The van der Waals surface area contributed by atoms with Crippen LogP contribution in [0, 0.1) is 0 Å². The van der Waals surface area contributed by atoms with Crippen LogP contribution in [0.4, 0.5) is 0 Å². The molecule has 1 aliphatic heterocycles. The van der Waals surface area contributed by atoms with Gasteiger partial charge >= 0.3 is 0 Å². The quantitative estimate of drug-likeness (QED) is 0.861. The van der Waals surface area contributed by atoms with Gasteiger partial charge in [-0.2, -0.15) is 0 Å². The molecule has 128 valence electrons. The van der Waals surface area contributed by atoms with Crippen LogP contribution in [0.5, 0.6) is 0 Å². The minimum atomic E-state index is -0.728. The lowest BCUT2D eigenvalue weighted by atomic mass is 9.87. The molecule has 1 aliphatic carbocycles. The smallest absolute Gasteiger partial charge is 0.261 e. The van der Waals surface area contributed by atoms with Gasteiger partial charge in [-0.15, -0.1) is 0 Å². The van der Waals surface area contributed by atoms with E-state index in [2.05, 4.69) is 6.08 Å². The Balaban J connectivity index is 1.91. The van der Waals surface area contributed by atoms with Gasteiger partial charge in [-0.05, 0) is 51.2 Å². The molecular weight excluding hydrogens is 302 g/mol. The minimum absolute atomic E-state index is 0.0902. The normalized spacial score (nSPS) is 20.1. The van der Waals surface area contributed by atoms with Crippen molar-refractivity contribution in [1.82, 2.24) is 4.90 Å². The van der Waals surface area contributed by atoms with E-state index in [1.165, 1.54) is 0 Å². The van der Waals surface area contributed by atoms with Crippen LogP contribution >= 0.6 is 0 Å². The lowest BCUT2D eigenvalue weighted by molar-refractivity contribution is -0.144. The lowest BCUT2D eigenvalue weighted by Crippen LogP contribution is -2.57. The number of carbonyl (C=O) groups is 1. The molecule has 4 nitrogen and oxygen atoms in total. The molecule has 1 aromatic carbocycles. The number of nitrogens with zero attached hydrogens (tertiary/aromatic N) is 1. The standard InChI is InChI=1S/C20H25NO3/c1-14-17(15-9-5-4-6-10-15)19(23)21(13-24-14)20(2,3)18(22)16-11-7-8-12-16/h4-6,9-11,18,22H,7-8,12-13H2,1-3H3. The summed E-state index contributed by atoms with van der Waals surface area (Å²) in [5.41, 5.74) is 1.71. The van der Waals surface area contributed by atoms with Crippen molar-refractivity contribution in [2.45, 2.75) is 51.7 Å². The molecule has 1 heterocycles. The van der Waals surface area contributed by atoms with Crippen LogP contribution in [0.2, 0.25) is 0 Å². The zero-order valence-electron chi connectivity index (χ0n) is 14.6. The molecule has 3 rings (SSSR count). The van der Waals surface area contributed by atoms with Gasteiger partial charge in [0.1, 0.15) is 5.76 Å². The summed E-state index contributed by atoms with van der Waals surface area (Å²) in [7, 11) is 0. The van der Waals surface area contributed by atoms with Crippen LogP contribution in [0.25, 0.3) is 5.57 Å². The van der Waals surface area contributed by atoms with Crippen molar-refractivity contribution in [2.24, 2.45) is 0 Å². The van der Waals surface area contributed by atoms with Crippen LogP contribution in [-0.2, 0) is 9.53 Å². The predicted molar refractivity (Wildman–Crippen MR) is 93.9 cm³/mol. The van der Waals surface area contributed by atoms with E-state index < -0.39 is 11.6 Å². The van der Waals surface area contributed by atoms with Gasteiger partial charge in [0.2, 0.25) is 0 Å². The average Bonchev–Trinajstić information content (AvgIpc) is 3.09. The van der Waals surface area contributed by atoms with Crippen molar-refractivity contribution in [3.63, 3.8) is 0 Å². The molecule has 24 heavy (non-hydrogen) atoms. The third-order valence-corrected chi connectivity index (χ3v) is 5.08. The molecule has 1 aromatic rings. The lowest BCUT2D eigenvalue weighted by Gasteiger charge is -2.44. The van der Waals surface area contributed by atoms with Crippen molar-refractivity contribution in [3.8, 4) is 0 Å². The van der Waals surface area contributed by atoms with Gasteiger partial charge in [0.05, 0.1) is 17.2 Å². The van der Waals surface area contributed by atoms with Gasteiger partial charge in [-0.1, -0.05) is 36.4 Å². The Labute approximate surface area is 143 Å². The van der Waals surface area contributed by atoms with Gasteiger partial charge in [-0.25, -0.2) is 0 Å². The molecule has 0 saturated carbocycles. The number of aliphatic hydroxyl groups is 1. The fourth-order valence-corrected chi connectivity index (χ4v) is 3.48. The summed E-state index contributed by atoms with van der Waals surface area (Å²) in [6, 6.07) is 9.56. The second-order valence-electron chi connectivity index (χ2n) is 7.03. The first-order valence-corrected chi connectivity index (χ1v) is 8.51. The van der Waals surface area contributed by atoms with Gasteiger partial charge < -0.3 is 9.84 Å². The number of carbonyl (C=O) groups excluding carboxylic acids is 1. The number of benzene rings is 1. The maximum Gasteiger partial charge on any atom is 0.261 e. The number of amides is 1. The molecule has 0 aromatic heterocycles. The summed E-state index contributed by atoms with van der Waals surface area (Å²) in [6.45, 7) is 5.79. The summed E-state index contributed by atoms with van der Waals surface area (Å²) < 4.78 is 5.78. The SMILES string of the molecule is CC1=C(c2ccccc2)C(=O)N(C(C)(C)C(O)C2=CCCC2)CO1. The van der Waals surface area contributed by atoms with Crippen molar-refractivity contribution in [1.29, 1.82) is 0 Å². The van der Waals surface area contributed by atoms with E-state index in [1.807, 2.05) is 51.1 Å². The first-order chi connectivity index (χ1) is 11.4. The topological polar surface area (TPSA) is 49.8 Å². The van der Waals surface area contributed by atoms with E-state index in [4.69, 9.17) is 4.74 Å². The summed E-state index contributed by atoms with van der Waals surface area (Å²) in [4.78, 5) is 14.8. The number of allylic oxidation sites excluding steroid dienone is 2. The second kappa shape index (κ2) is 6.44. The molecule has 1 N–H and O–H groups in total. The summed E-state index contributed by atoms with van der Waals surface area (Å²) in [5, 5.41) is 10.8. The molecule has 1 unspecified atom stereocenters. The third kappa shape index (κ3) is 2.86. The summed E-state index contributed by atoms with van der Waals surface area (Å²) >= 11 is 0. The highest BCUT2D eigenvalue weighted by Crippen LogP contribution is 2.35. The molecular formula is C20H25NO3. The number of hydrogen-bond donors (Lipinski definition) is 1. The van der Waals surface area contributed by atoms with E-state index >= 15 is 0 Å². The van der Waals surface area contributed by atoms with E-state index in [0.717, 1.165) is 30.4 Å². The largest absolute Gasteiger partial charge is 0.477 e. The van der Waals surface area contributed by atoms with Gasteiger partial charge in [0.15, 0.2) is 6.73 Å². The van der Waals surface area contributed by atoms with Crippen molar-refractivity contribution in [2.75, 3.05) is 6.73 Å². The van der Waals surface area contributed by atoms with Gasteiger partial charge in [-0.3, -0.25) is 9.69 Å².